The van der Waals surface area contributed by atoms with Crippen molar-refractivity contribution >= 4 is 21.6 Å². The predicted molar refractivity (Wildman–Crippen MR) is 72.9 cm³/mol. The van der Waals surface area contributed by atoms with Crippen LogP contribution in [0.25, 0.3) is 0 Å². The van der Waals surface area contributed by atoms with Gasteiger partial charge in [0.25, 0.3) is 0 Å². The summed E-state index contributed by atoms with van der Waals surface area (Å²) in [6.07, 6.45) is 4.69. The third kappa shape index (κ3) is 4.42. The molecule has 0 aromatic heterocycles. The van der Waals surface area contributed by atoms with E-state index in [1.165, 1.54) is 0 Å². The smallest absolute Gasteiger partial charge is 0.212 e. The van der Waals surface area contributed by atoms with Gasteiger partial charge in [0.15, 0.2) is 0 Å². The summed E-state index contributed by atoms with van der Waals surface area (Å²) in [5, 5.41) is 0. The molecule has 3 nitrogen and oxygen atoms in total. The summed E-state index contributed by atoms with van der Waals surface area (Å²) in [7, 11) is -1.40. The fourth-order valence-electron chi connectivity index (χ4n) is 2.36. The third-order valence-electron chi connectivity index (χ3n) is 3.80. The molecule has 0 radical (unpaired) electrons. The van der Waals surface area contributed by atoms with Gasteiger partial charge in [-0.05, 0) is 37.5 Å². The molecule has 0 aliphatic heterocycles. The first kappa shape index (κ1) is 15.3. The van der Waals surface area contributed by atoms with Crippen molar-refractivity contribution in [1.29, 1.82) is 0 Å². The summed E-state index contributed by atoms with van der Waals surface area (Å²) >= 11 is 5.55. The molecule has 0 spiro atoms. The first-order chi connectivity index (χ1) is 7.78. The third-order valence-corrected chi connectivity index (χ3v) is 6.05. The van der Waals surface area contributed by atoms with Crippen molar-refractivity contribution in [2.45, 2.75) is 52.0 Å². The normalized spacial score (nSPS) is 21.9. The zero-order chi connectivity index (χ0) is 13.1. The van der Waals surface area contributed by atoms with E-state index in [0.29, 0.717) is 17.7 Å². The maximum atomic E-state index is 12.0. The van der Waals surface area contributed by atoms with Crippen molar-refractivity contribution in [3.63, 3.8) is 0 Å². The Labute approximate surface area is 111 Å². The van der Waals surface area contributed by atoms with Crippen molar-refractivity contribution in [2.75, 3.05) is 18.7 Å². The maximum absolute atomic E-state index is 12.0. The van der Waals surface area contributed by atoms with Gasteiger partial charge in [-0.25, -0.2) is 12.7 Å². The molecule has 0 aromatic rings. The number of sulfonamides is 1. The van der Waals surface area contributed by atoms with Crippen LogP contribution in [0.2, 0.25) is 0 Å². The lowest BCUT2D eigenvalue weighted by molar-refractivity contribution is 0.174. The van der Waals surface area contributed by atoms with E-state index < -0.39 is 10.0 Å². The Balaban J connectivity index is 2.56. The number of rotatable bonds is 5. The second-order valence-electron chi connectivity index (χ2n) is 5.77. The summed E-state index contributed by atoms with van der Waals surface area (Å²) < 4.78 is 25.6. The van der Waals surface area contributed by atoms with Gasteiger partial charge in [-0.1, -0.05) is 13.8 Å². The van der Waals surface area contributed by atoms with Crippen LogP contribution in [0.3, 0.4) is 0 Å². The van der Waals surface area contributed by atoms with Gasteiger partial charge in [-0.3, -0.25) is 0 Å². The monoisotopic (exact) mass is 281 g/mol. The van der Waals surface area contributed by atoms with Crippen molar-refractivity contribution in [2.24, 2.45) is 5.41 Å². The second kappa shape index (κ2) is 5.89. The molecule has 5 heteroatoms. The molecule has 0 amide bonds. The van der Waals surface area contributed by atoms with Gasteiger partial charge < -0.3 is 0 Å². The zero-order valence-corrected chi connectivity index (χ0v) is 12.6. The van der Waals surface area contributed by atoms with E-state index in [1.54, 1.807) is 11.4 Å². The molecule has 1 saturated carbocycles. The molecule has 1 fully saturated rings. The van der Waals surface area contributed by atoms with Crippen LogP contribution in [0, 0.1) is 5.41 Å². The Kier molecular flexibility index (Phi) is 5.29. The zero-order valence-electron chi connectivity index (χ0n) is 11.1. The number of alkyl halides is 1. The van der Waals surface area contributed by atoms with Crippen LogP contribution in [0.15, 0.2) is 0 Å². The standard InChI is InChI=1S/C12H24ClNO2S/c1-12(2)7-5-11(6-8-12)14(3)17(15,16)10-4-9-13/h11H,4-10H2,1-3H3. The highest BCUT2D eigenvalue weighted by atomic mass is 35.5. The Hall–Kier alpha value is 0.200. The van der Waals surface area contributed by atoms with Crippen LogP contribution >= 0.6 is 11.6 Å². The minimum absolute atomic E-state index is 0.174. The van der Waals surface area contributed by atoms with Crippen molar-refractivity contribution in [3.05, 3.63) is 0 Å². The molecule has 0 atom stereocenters. The molecule has 1 rings (SSSR count). The molecule has 1 aliphatic carbocycles. The van der Waals surface area contributed by atoms with Crippen LogP contribution in [-0.2, 0) is 10.0 Å². The molecule has 17 heavy (non-hydrogen) atoms. The first-order valence-corrected chi connectivity index (χ1v) is 8.44. The van der Waals surface area contributed by atoms with Crippen molar-refractivity contribution < 1.29 is 8.42 Å². The van der Waals surface area contributed by atoms with Gasteiger partial charge in [-0.15, -0.1) is 11.6 Å². The van der Waals surface area contributed by atoms with Gasteiger partial charge >= 0.3 is 0 Å². The lowest BCUT2D eigenvalue weighted by atomic mass is 9.76. The average molecular weight is 282 g/mol. The summed E-state index contributed by atoms with van der Waals surface area (Å²) in [4.78, 5) is 0. The van der Waals surface area contributed by atoms with Crippen molar-refractivity contribution in [3.8, 4) is 0 Å². The minimum Gasteiger partial charge on any atom is -0.212 e. The van der Waals surface area contributed by atoms with E-state index in [1.807, 2.05) is 0 Å². The van der Waals surface area contributed by atoms with Crippen LogP contribution in [0.5, 0.6) is 0 Å². The fraction of sp³-hybridized carbons (Fsp3) is 1.00. The summed E-state index contributed by atoms with van der Waals surface area (Å²) in [5.41, 5.74) is 0.372. The lowest BCUT2D eigenvalue weighted by Gasteiger charge is -2.38. The van der Waals surface area contributed by atoms with E-state index >= 15 is 0 Å². The van der Waals surface area contributed by atoms with Gasteiger partial charge in [0, 0.05) is 19.0 Å². The molecular formula is C12H24ClNO2S. The van der Waals surface area contributed by atoms with Crippen LogP contribution in [-0.4, -0.2) is 37.4 Å². The van der Waals surface area contributed by atoms with E-state index in [-0.39, 0.29) is 11.8 Å². The maximum Gasteiger partial charge on any atom is 0.214 e. The second-order valence-corrected chi connectivity index (χ2v) is 8.30. The molecule has 0 saturated heterocycles. The number of halogens is 1. The van der Waals surface area contributed by atoms with E-state index in [0.717, 1.165) is 25.7 Å². The van der Waals surface area contributed by atoms with Gasteiger partial charge in [0.05, 0.1) is 5.75 Å². The molecule has 0 heterocycles. The lowest BCUT2D eigenvalue weighted by Crippen LogP contribution is -2.41. The van der Waals surface area contributed by atoms with Crippen LogP contribution in [0.4, 0.5) is 0 Å². The largest absolute Gasteiger partial charge is 0.214 e. The quantitative estimate of drug-likeness (QED) is 0.727. The Morgan fingerprint density at radius 1 is 1.29 bits per heavy atom. The Morgan fingerprint density at radius 3 is 2.29 bits per heavy atom. The number of hydrogen-bond donors (Lipinski definition) is 0. The van der Waals surface area contributed by atoms with E-state index in [4.69, 9.17) is 11.6 Å². The minimum atomic E-state index is -3.11. The molecule has 102 valence electrons. The fourth-order valence-corrected chi connectivity index (χ4v) is 4.11. The number of hydrogen-bond acceptors (Lipinski definition) is 2. The van der Waals surface area contributed by atoms with E-state index in [9.17, 15) is 8.42 Å². The number of nitrogens with zero attached hydrogens (tertiary/aromatic N) is 1. The topological polar surface area (TPSA) is 37.4 Å². The SMILES string of the molecule is CN(C1CCC(C)(C)CC1)S(=O)(=O)CCCCl. The summed E-state index contributed by atoms with van der Waals surface area (Å²) in [6, 6.07) is 0.184. The van der Waals surface area contributed by atoms with Crippen LogP contribution < -0.4 is 0 Å². The molecule has 1 aliphatic rings. The summed E-state index contributed by atoms with van der Waals surface area (Å²) in [6.45, 7) is 4.51. The van der Waals surface area contributed by atoms with Gasteiger partial charge in [-0.2, -0.15) is 0 Å². The Morgan fingerprint density at radius 2 is 1.82 bits per heavy atom. The molecule has 0 unspecified atom stereocenters. The molecule has 0 N–H and O–H groups in total. The van der Waals surface area contributed by atoms with Gasteiger partial charge in [0.1, 0.15) is 0 Å². The molecule has 0 aromatic carbocycles. The highest BCUT2D eigenvalue weighted by Gasteiger charge is 2.32. The van der Waals surface area contributed by atoms with E-state index in [2.05, 4.69) is 13.8 Å². The Bertz CT molecular complexity index is 330. The average Bonchev–Trinajstić information content (AvgIpc) is 2.25. The van der Waals surface area contributed by atoms with Crippen LogP contribution in [0.1, 0.15) is 46.0 Å². The van der Waals surface area contributed by atoms with Gasteiger partial charge in [0.2, 0.25) is 10.0 Å². The first-order valence-electron chi connectivity index (χ1n) is 6.30. The highest BCUT2D eigenvalue weighted by Crippen LogP contribution is 2.37. The predicted octanol–water partition coefficient (Wildman–Crippen LogP) is 2.85. The van der Waals surface area contributed by atoms with Crippen molar-refractivity contribution in [1.82, 2.24) is 4.31 Å². The summed E-state index contributed by atoms with van der Waals surface area (Å²) in [5.74, 6) is 0.581. The molecular weight excluding hydrogens is 258 g/mol. The molecule has 0 bridgehead atoms. The highest BCUT2D eigenvalue weighted by molar-refractivity contribution is 7.89.